The summed E-state index contributed by atoms with van der Waals surface area (Å²) in [6.07, 6.45) is 2.25. The first-order valence-electron chi connectivity index (χ1n) is 23.1. The molecule has 25 heteroatoms. The third-order valence-electron chi connectivity index (χ3n) is 11.2. The van der Waals surface area contributed by atoms with Gasteiger partial charge in [0.15, 0.2) is 17.9 Å². The number of aromatic nitrogens is 1. The fraction of sp³-hybridized carbons (Fsp3) is 0.383. The molecule has 0 aliphatic carbocycles. The van der Waals surface area contributed by atoms with E-state index in [1.807, 2.05) is 18.2 Å². The van der Waals surface area contributed by atoms with Crippen molar-refractivity contribution < 1.29 is 39.0 Å². The third kappa shape index (κ3) is 19.1. The number of hydrogen-bond acceptors (Lipinski definition) is 12. The van der Waals surface area contributed by atoms with Gasteiger partial charge in [-0.15, -0.1) is 0 Å². The minimum absolute atomic E-state index is 0.0372. The predicted octanol–water partition coefficient (Wildman–Crippen LogP) is -3.00. The lowest BCUT2D eigenvalue weighted by molar-refractivity contribution is -0.135. The number of carbonyl (C=O) groups excluding carboxylic acids is 6. The number of fused-ring (bicyclic) bond motifs is 1. The van der Waals surface area contributed by atoms with Crippen molar-refractivity contribution in [3.63, 3.8) is 0 Å². The number of aromatic hydroxyl groups is 2. The van der Waals surface area contributed by atoms with Gasteiger partial charge in [-0.25, -0.2) is 0 Å². The summed E-state index contributed by atoms with van der Waals surface area (Å²) in [4.78, 5) is 98.7. The van der Waals surface area contributed by atoms with Crippen molar-refractivity contribution in [3.05, 3.63) is 95.7 Å². The topological polar surface area (TPSA) is 464 Å². The second-order valence-electron chi connectivity index (χ2n) is 17.0. The smallest absolute Gasteiger partial charge is 0.243 e. The number of phenolic OH excluding ortho intramolecular Hbond substituents is 2. The second-order valence-corrected chi connectivity index (χ2v) is 17.0. The number of phenols is 2. The van der Waals surface area contributed by atoms with E-state index in [4.69, 9.17) is 45.9 Å². The van der Waals surface area contributed by atoms with Gasteiger partial charge < -0.3 is 87.7 Å². The Balaban J connectivity index is 1.67. The molecular formula is C47H67N17O8. The van der Waals surface area contributed by atoms with Gasteiger partial charge >= 0.3 is 0 Å². The van der Waals surface area contributed by atoms with Crippen LogP contribution in [0.2, 0.25) is 0 Å². The van der Waals surface area contributed by atoms with Crippen LogP contribution in [0.15, 0.2) is 94.0 Å². The van der Waals surface area contributed by atoms with E-state index in [2.05, 4.69) is 46.5 Å². The van der Waals surface area contributed by atoms with Crippen molar-refractivity contribution in [2.45, 2.75) is 94.0 Å². The number of H-pyrrole nitrogens is 1. The zero-order chi connectivity index (χ0) is 52.7. The molecule has 0 fully saturated rings. The van der Waals surface area contributed by atoms with Gasteiger partial charge in [0.25, 0.3) is 0 Å². The molecule has 1 heterocycles. The molecule has 0 radical (unpaired) electrons. The molecule has 0 saturated heterocycles. The highest BCUT2D eigenvalue weighted by molar-refractivity contribution is 5.97. The number of nitrogens with two attached hydrogens (primary N) is 8. The average molecular weight is 998 g/mol. The van der Waals surface area contributed by atoms with E-state index in [-0.39, 0.29) is 100 Å². The molecule has 6 atom stereocenters. The third-order valence-corrected chi connectivity index (χ3v) is 11.2. The molecule has 4 rings (SSSR count). The minimum Gasteiger partial charge on any atom is -0.508 e. The Labute approximate surface area is 415 Å². The molecular weight excluding hydrogens is 931 g/mol. The quantitative estimate of drug-likeness (QED) is 0.0147. The van der Waals surface area contributed by atoms with Gasteiger partial charge in [-0.2, -0.15) is 0 Å². The molecule has 0 aliphatic heterocycles. The number of benzene rings is 3. The molecule has 0 bridgehead atoms. The summed E-state index contributed by atoms with van der Waals surface area (Å²) in [5, 5.41) is 34.3. The summed E-state index contributed by atoms with van der Waals surface area (Å²) in [7, 11) is 0. The number of hydrogen-bond donors (Lipinski definition) is 16. The van der Waals surface area contributed by atoms with E-state index >= 15 is 0 Å². The van der Waals surface area contributed by atoms with Crippen LogP contribution in [-0.2, 0) is 48.0 Å². The molecule has 6 amide bonds. The number of guanidine groups is 3. The van der Waals surface area contributed by atoms with Gasteiger partial charge in [0.1, 0.15) is 41.7 Å². The Morgan fingerprint density at radius 2 is 0.875 bits per heavy atom. The van der Waals surface area contributed by atoms with Crippen molar-refractivity contribution in [1.29, 1.82) is 0 Å². The Kier molecular flexibility index (Phi) is 21.9. The molecule has 4 aromatic rings. The number of para-hydroxylation sites is 1. The first-order valence-corrected chi connectivity index (χ1v) is 23.1. The molecule has 0 unspecified atom stereocenters. The maximum Gasteiger partial charge on any atom is 0.243 e. The van der Waals surface area contributed by atoms with Crippen LogP contribution in [0.3, 0.4) is 0 Å². The van der Waals surface area contributed by atoms with Crippen LogP contribution in [0.1, 0.15) is 55.2 Å². The summed E-state index contributed by atoms with van der Waals surface area (Å²) in [6, 6.07) is 11.3. The van der Waals surface area contributed by atoms with Crippen LogP contribution >= 0.6 is 0 Å². The van der Waals surface area contributed by atoms with E-state index in [0.717, 1.165) is 10.9 Å². The van der Waals surface area contributed by atoms with E-state index in [1.54, 1.807) is 24.4 Å². The van der Waals surface area contributed by atoms with E-state index in [9.17, 15) is 39.0 Å². The van der Waals surface area contributed by atoms with Crippen molar-refractivity contribution in [3.8, 4) is 11.5 Å². The van der Waals surface area contributed by atoms with Gasteiger partial charge in [0.05, 0.1) is 6.04 Å². The lowest BCUT2D eigenvalue weighted by atomic mass is 10.0. The monoisotopic (exact) mass is 998 g/mol. The molecule has 0 spiro atoms. The molecule has 388 valence electrons. The zero-order valence-corrected chi connectivity index (χ0v) is 39.8. The zero-order valence-electron chi connectivity index (χ0n) is 39.8. The summed E-state index contributed by atoms with van der Waals surface area (Å²) < 4.78 is 0. The number of rotatable bonds is 29. The lowest BCUT2D eigenvalue weighted by Crippen LogP contribution is -2.60. The molecule has 72 heavy (non-hydrogen) atoms. The van der Waals surface area contributed by atoms with Gasteiger partial charge in [0.2, 0.25) is 35.4 Å². The number of primary amides is 1. The van der Waals surface area contributed by atoms with Crippen molar-refractivity contribution in [1.82, 2.24) is 31.6 Å². The highest BCUT2D eigenvalue weighted by Gasteiger charge is 2.33. The van der Waals surface area contributed by atoms with E-state index in [1.165, 1.54) is 36.4 Å². The van der Waals surface area contributed by atoms with E-state index < -0.39 is 71.7 Å². The molecule has 0 aliphatic rings. The Morgan fingerprint density at radius 3 is 1.35 bits per heavy atom. The molecule has 3 aromatic carbocycles. The average Bonchev–Trinajstić information content (AvgIpc) is 3.74. The highest BCUT2D eigenvalue weighted by atomic mass is 16.3. The Bertz CT molecular complexity index is 2540. The fourth-order valence-corrected chi connectivity index (χ4v) is 7.46. The first kappa shape index (κ1) is 56.0. The molecule has 25 nitrogen and oxygen atoms in total. The van der Waals surface area contributed by atoms with Crippen molar-refractivity contribution in [2.24, 2.45) is 60.8 Å². The minimum atomic E-state index is -1.43. The largest absolute Gasteiger partial charge is 0.508 e. The Morgan fingerprint density at radius 1 is 0.486 bits per heavy atom. The van der Waals surface area contributed by atoms with Crippen LogP contribution in [0.25, 0.3) is 10.9 Å². The second kappa shape index (κ2) is 28.2. The van der Waals surface area contributed by atoms with Gasteiger partial charge in [-0.05, 0) is 85.5 Å². The highest BCUT2D eigenvalue weighted by Crippen LogP contribution is 2.20. The normalized spacial score (nSPS) is 13.4. The van der Waals surface area contributed by atoms with Crippen LogP contribution < -0.4 is 72.5 Å². The molecule has 1 aromatic heterocycles. The van der Waals surface area contributed by atoms with Gasteiger partial charge in [-0.1, -0.05) is 42.5 Å². The summed E-state index contributed by atoms with van der Waals surface area (Å²) >= 11 is 0. The van der Waals surface area contributed by atoms with Crippen LogP contribution in [0.5, 0.6) is 11.5 Å². The maximum absolute atomic E-state index is 14.6. The first-order chi connectivity index (χ1) is 34.3. The van der Waals surface area contributed by atoms with Crippen LogP contribution in [0, 0.1) is 0 Å². The summed E-state index contributed by atoms with van der Waals surface area (Å²) in [5.41, 5.74) is 47.1. The SMILES string of the molecule is NC(=O)[C@H](CCCN=C(N)N)NC(=O)[C@H](Cc1c[nH]c2ccccc12)NC(=O)[C@H](CCCN=C(N)N)NC(=O)[C@H](Cc1ccc(O)cc1)NC(=O)[C@H](Cc1ccc(O)cc1)NC(=O)[C@@H](N)CCCN=C(N)N. The fourth-order valence-electron chi connectivity index (χ4n) is 7.46. The van der Waals surface area contributed by atoms with Gasteiger partial charge in [-0.3, -0.25) is 43.7 Å². The molecule has 0 saturated carbocycles. The van der Waals surface area contributed by atoms with Crippen LogP contribution in [0.4, 0.5) is 0 Å². The summed E-state index contributed by atoms with van der Waals surface area (Å²) in [6.45, 7) is 0.403. The van der Waals surface area contributed by atoms with Crippen molar-refractivity contribution >= 4 is 64.2 Å². The lowest BCUT2D eigenvalue weighted by Gasteiger charge is -2.27. The standard InChI is InChI=1S/C47H67N17O8/c48-32(7-3-19-56-45(50)51)40(68)62-36(22-26-11-15-29(65)16-12-26)43(71)63-37(23-27-13-17-30(66)18-14-27)42(70)61-35(10-5-21-58-47(54)55)41(69)64-38(24-28-25-59-33-8-2-1-6-31(28)33)44(72)60-34(39(49)67)9-4-20-57-46(52)53/h1-2,6,8,11-18,25,32,34-38,59,65-66H,3-5,7,9-10,19-24,48H2,(H2,49,67)(H,60,72)(H,61,70)(H,62,68)(H,63,71)(H,64,69)(H4,50,51,56)(H4,52,53,57)(H4,54,55,58)/t32-,34-,35-,36-,37-,38-/m0/s1. The van der Waals surface area contributed by atoms with Crippen LogP contribution in [-0.4, -0.2) is 124 Å². The maximum atomic E-state index is 14.6. The number of aliphatic imine (C=N–C) groups is 3. The van der Waals surface area contributed by atoms with Gasteiger partial charge in [0, 0.05) is 56.0 Å². The summed E-state index contributed by atoms with van der Waals surface area (Å²) in [5.74, 6) is -5.37. The number of aromatic amines is 1. The van der Waals surface area contributed by atoms with Crippen molar-refractivity contribution in [2.75, 3.05) is 19.6 Å². The van der Waals surface area contributed by atoms with E-state index in [0.29, 0.717) is 23.1 Å². The number of nitrogens with one attached hydrogen (secondary N) is 6. The predicted molar refractivity (Wildman–Crippen MR) is 272 cm³/mol. The number of carbonyl (C=O) groups is 6. The number of amides is 6. The molecule has 24 N–H and O–H groups in total. The Hall–Kier alpha value is -8.61. The number of nitrogens with zero attached hydrogens (tertiary/aromatic N) is 3.